The quantitative estimate of drug-likeness (QED) is 0.530. The Morgan fingerprint density at radius 2 is 1.95 bits per heavy atom. The maximum absolute atomic E-state index is 12.0. The van der Waals surface area contributed by atoms with Crippen LogP contribution < -0.4 is 4.72 Å². The van der Waals surface area contributed by atoms with Crippen molar-refractivity contribution in [2.45, 2.75) is 45.6 Å². The van der Waals surface area contributed by atoms with Crippen LogP contribution in [0, 0.1) is 0 Å². The molecule has 0 saturated carbocycles. The number of carbonyl (C=O) groups excluding carboxylic acids is 1. The van der Waals surface area contributed by atoms with Crippen LogP contribution in [0.3, 0.4) is 0 Å². The normalized spacial score (nSPS) is 13.1. The summed E-state index contributed by atoms with van der Waals surface area (Å²) in [6.07, 6.45) is 1.18. The fourth-order valence-electron chi connectivity index (χ4n) is 1.50. The van der Waals surface area contributed by atoms with Crippen molar-refractivity contribution in [2.24, 2.45) is 0 Å². The van der Waals surface area contributed by atoms with Crippen LogP contribution in [0.25, 0.3) is 0 Å². The Morgan fingerprint density at radius 3 is 2.43 bits per heavy atom. The summed E-state index contributed by atoms with van der Waals surface area (Å²) in [4.78, 5) is 22.3. The highest BCUT2D eigenvalue weighted by atomic mass is 32.2. The van der Waals surface area contributed by atoms with E-state index in [2.05, 4.69) is 9.46 Å². The Kier molecular flexibility index (Phi) is 9.14. The van der Waals surface area contributed by atoms with Gasteiger partial charge in [0.2, 0.25) is 0 Å². The molecule has 0 aromatic carbocycles. The van der Waals surface area contributed by atoms with Gasteiger partial charge < -0.3 is 9.84 Å². The standard InChI is InChI=1S/C12H24N2O6S/c1-4-6-9-14(3)21(18,19)13-10(12(16)17)7-8-11(15)20-5-2/h10,13H,4-9H2,1-3H3,(H,16,17)/t10-/m0/s1. The molecule has 0 bridgehead atoms. The van der Waals surface area contributed by atoms with E-state index in [0.29, 0.717) is 13.0 Å². The molecule has 0 unspecified atom stereocenters. The van der Waals surface area contributed by atoms with E-state index in [-0.39, 0.29) is 19.4 Å². The lowest BCUT2D eigenvalue weighted by Gasteiger charge is -2.20. The van der Waals surface area contributed by atoms with Gasteiger partial charge in [-0.15, -0.1) is 0 Å². The first-order chi connectivity index (χ1) is 9.74. The van der Waals surface area contributed by atoms with Gasteiger partial charge in [-0.05, 0) is 19.8 Å². The van der Waals surface area contributed by atoms with Gasteiger partial charge in [-0.25, -0.2) is 0 Å². The number of hydrogen-bond donors (Lipinski definition) is 2. The highest BCUT2D eigenvalue weighted by Gasteiger charge is 2.27. The average molecular weight is 324 g/mol. The Balaban J connectivity index is 4.62. The molecule has 0 aromatic rings. The number of rotatable bonds is 11. The van der Waals surface area contributed by atoms with Crippen LogP contribution in [0.5, 0.6) is 0 Å². The minimum atomic E-state index is -3.89. The SMILES string of the molecule is CCCCN(C)S(=O)(=O)N[C@@H](CCC(=O)OCC)C(=O)O. The Labute approximate surface area is 125 Å². The predicted octanol–water partition coefficient (Wildman–Crippen LogP) is 0.349. The van der Waals surface area contributed by atoms with E-state index < -0.39 is 28.2 Å². The third-order valence-corrected chi connectivity index (χ3v) is 4.35. The van der Waals surface area contributed by atoms with Crippen LogP contribution in [-0.2, 0) is 24.5 Å². The molecule has 0 heterocycles. The second-order valence-corrected chi connectivity index (χ2v) is 6.34. The van der Waals surface area contributed by atoms with Crippen molar-refractivity contribution in [3.8, 4) is 0 Å². The number of ether oxygens (including phenoxy) is 1. The van der Waals surface area contributed by atoms with Crippen molar-refractivity contribution < 1.29 is 27.9 Å². The zero-order chi connectivity index (χ0) is 16.5. The van der Waals surface area contributed by atoms with Gasteiger partial charge in [-0.2, -0.15) is 17.4 Å². The fourth-order valence-corrected chi connectivity index (χ4v) is 2.63. The lowest BCUT2D eigenvalue weighted by Crippen LogP contribution is -2.47. The van der Waals surface area contributed by atoms with Crippen LogP contribution in [0.4, 0.5) is 0 Å². The van der Waals surface area contributed by atoms with Crippen LogP contribution >= 0.6 is 0 Å². The summed E-state index contributed by atoms with van der Waals surface area (Å²) in [7, 11) is -2.51. The fraction of sp³-hybridized carbons (Fsp3) is 0.833. The summed E-state index contributed by atoms with van der Waals surface area (Å²) in [5.41, 5.74) is 0. The monoisotopic (exact) mass is 324 g/mol. The molecule has 0 aromatic heterocycles. The van der Waals surface area contributed by atoms with Crippen LogP contribution in [0.2, 0.25) is 0 Å². The molecule has 1 atom stereocenters. The number of carboxylic acids is 1. The number of carboxylic acid groups (broad SMARTS) is 1. The van der Waals surface area contributed by atoms with Crippen molar-refractivity contribution in [1.29, 1.82) is 0 Å². The summed E-state index contributed by atoms with van der Waals surface area (Å²) >= 11 is 0. The first-order valence-electron chi connectivity index (χ1n) is 6.86. The Hall–Kier alpha value is -1.19. The van der Waals surface area contributed by atoms with Crippen LogP contribution in [0.15, 0.2) is 0 Å². The number of carbonyl (C=O) groups is 2. The molecule has 0 fully saturated rings. The van der Waals surface area contributed by atoms with Gasteiger partial charge in [0.1, 0.15) is 6.04 Å². The highest BCUT2D eigenvalue weighted by molar-refractivity contribution is 7.87. The molecule has 124 valence electrons. The summed E-state index contributed by atoms with van der Waals surface area (Å²) in [5.74, 6) is -1.88. The van der Waals surface area contributed by atoms with E-state index in [4.69, 9.17) is 5.11 Å². The molecule has 0 aliphatic rings. The van der Waals surface area contributed by atoms with E-state index in [1.807, 2.05) is 6.92 Å². The zero-order valence-electron chi connectivity index (χ0n) is 12.7. The number of nitrogens with one attached hydrogen (secondary N) is 1. The molecule has 8 nitrogen and oxygen atoms in total. The third kappa shape index (κ3) is 7.98. The molecule has 0 aliphatic carbocycles. The number of nitrogens with zero attached hydrogens (tertiary/aromatic N) is 1. The average Bonchev–Trinajstić information content (AvgIpc) is 2.40. The zero-order valence-corrected chi connectivity index (χ0v) is 13.5. The van der Waals surface area contributed by atoms with Gasteiger partial charge in [0.15, 0.2) is 0 Å². The second-order valence-electron chi connectivity index (χ2n) is 4.53. The molecular formula is C12H24N2O6S. The molecule has 0 spiro atoms. The molecule has 21 heavy (non-hydrogen) atoms. The van der Waals surface area contributed by atoms with Gasteiger partial charge in [0, 0.05) is 20.0 Å². The Bertz CT molecular complexity index is 437. The maximum Gasteiger partial charge on any atom is 0.321 e. The second kappa shape index (κ2) is 9.69. The van der Waals surface area contributed by atoms with Gasteiger partial charge in [0.05, 0.1) is 6.61 Å². The largest absolute Gasteiger partial charge is 0.480 e. The molecular weight excluding hydrogens is 300 g/mol. The van der Waals surface area contributed by atoms with E-state index in [9.17, 15) is 18.0 Å². The van der Waals surface area contributed by atoms with Crippen LogP contribution in [0.1, 0.15) is 39.5 Å². The summed E-state index contributed by atoms with van der Waals surface area (Å²) < 4.78 is 31.8. The van der Waals surface area contributed by atoms with Crippen molar-refractivity contribution in [3.63, 3.8) is 0 Å². The number of aliphatic carboxylic acids is 1. The van der Waals surface area contributed by atoms with Crippen molar-refractivity contribution >= 4 is 22.1 Å². The smallest absolute Gasteiger partial charge is 0.321 e. The van der Waals surface area contributed by atoms with E-state index in [0.717, 1.165) is 10.7 Å². The topological polar surface area (TPSA) is 113 Å². The van der Waals surface area contributed by atoms with E-state index >= 15 is 0 Å². The first kappa shape index (κ1) is 19.8. The molecule has 0 amide bonds. The van der Waals surface area contributed by atoms with Crippen molar-refractivity contribution in [3.05, 3.63) is 0 Å². The third-order valence-electron chi connectivity index (χ3n) is 2.77. The number of esters is 1. The van der Waals surface area contributed by atoms with E-state index in [1.165, 1.54) is 7.05 Å². The summed E-state index contributed by atoms with van der Waals surface area (Å²) in [5, 5.41) is 9.04. The minimum absolute atomic E-state index is 0.158. The lowest BCUT2D eigenvalue weighted by atomic mass is 10.2. The molecule has 2 N–H and O–H groups in total. The maximum atomic E-state index is 12.0. The highest BCUT2D eigenvalue weighted by Crippen LogP contribution is 2.05. The van der Waals surface area contributed by atoms with Gasteiger partial charge >= 0.3 is 11.9 Å². The number of unbranched alkanes of at least 4 members (excludes halogenated alkanes) is 1. The molecule has 0 saturated heterocycles. The first-order valence-corrected chi connectivity index (χ1v) is 8.30. The number of hydrogen-bond acceptors (Lipinski definition) is 5. The summed E-state index contributed by atoms with van der Waals surface area (Å²) in [6, 6.07) is -1.36. The van der Waals surface area contributed by atoms with Gasteiger partial charge in [-0.3, -0.25) is 9.59 Å². The predicted molar refractivity (Wildman–Crippen MR) is 76.9 cm³/mol. The molecule has 0 aliphatic heterocycles. The molecule has 0 rings (SSSR count). The van der Waals surface area contributed by atoms with Crippen LogP contribution in [-0.4, -0.2) is 56.0 Å². The lowest BCUT2D eigenvalue weighted by molar-refractivity contribution is -0.144. The molecule has 0 radical (unpaired) electrons. The molecule has 9 heteroatoms. The summed E-state index contributed by atoms with van der Waals surface area (Å²) in [6.45, 7) is 4.06. The minimum Gasteiger partial charge on any atom is -0.480 e. The Morgan fingerprint density at radius 1 is 1.33 bits per heavy atom. The van der Waals surface area contributed by atoms with Gasteiger partial charge in [0.25, 0.3) is 10.2 Å². The van der Waals surface area contributed by atoms with Crippen molar-refractivity contribution in [2.75, 3.05) is 20.2 Å². The van der Waals surface area contributed by atoms with E-state index in [1.54, 1.807) is 6.92 Å². The van der Waals surface area contributed by atoms with Gasteiger partial charge in [-0.1, -0.05) is 13.3 Å². The van der Waals surface area contributed by atoms with Crippen molar-refractivity contribution in [1.82, 2.24) is 9.03 Å².